The molecule has 1 saturated carbocycles. The lowest BCUT2D eigenvalue weighted by molar-refractivity contribution is 0.101. The molecule has 1 aliphatic carbocycles. The molecule has 24 heavy (non-hydrogen) atoms. The number of Topliss-reactive ketones (excluding diaryl/α,β-unsaturated/α-hetero) is 1. The number of ketones is 1. The minimum Gasteiger partial charge on any atom is -0.395 e. The van der Waals surface area contributed by atoms with Gasteiger partial charge < -0.3 is 10.0 Å². The quantitative estimate of drug-likeness (QED) is 0.750. The minimum atomic E-state index is -3.64. The smallest absolute Gasteiger partial charge is 0.236 e. The van der Waals surface area contributed by atoms with Crippen LogP contribution in [0.5, 0.6) is 0 Å². The largest absolute Gasteiger partial charge is 0.395 e. The SMILES string of the molecule is CC(=O)c1cnc(NS(=O)(=O)CCO)cc1N1CCC2(CC1)CC2. The number of sulfonamides is 1. The molecule has 1 saturated heterocycles. The first kappa shape index (κ1) is 17.2. The van der Waals surface area contributed by atoms with E-state index < -0.39 is 16.6 Å². The van der Waals surface area contributed by atoms with Gasteiger partial charge in [-0.3, -0.25) is 9.52 Å². The van der Waals surface area contributed by atoms with E-state index in [4.69, 9.17) is 5.11 Å². The molecule has 0 bridgehead atoms. The predicted octanol–water partition coefficient (Wildman–Crippen LogP) is 1.40. The van der Waals surface area contributed by atoms with E-state index in [2.05, 4.69) is 14.6 Å². The Morgan fingerprint density at radius 1 is 1.33 bits per heavy atom. The van der Waals surface area contributed by atoms with E-state index in [0.29, 0.717) is 11.0 Å². The first-order valence-corrected chi connectivity index (χ1v) is 9.87. The molecular weight excluding hydrogens is 330 g/mol. The number of hydrogen-bond donors (Lipinski definition) is 2. The molecule has 8 heteroatoms. The molecule has 132 valence electrons. The number of aliphatic hydroxyl groups excluding tert-OH is 1. The standard InChI is InChI=1S/C16H23N3O4S/c1-12(21)13-11-17-15(18-24(22,23)9-8-20)10-14(13)19-6-4-16(2-3-16)5-7-19/h10-11,20H,2-9H2,1H3,(H,17,18). The fourth-order valence-corrected chi connectivity index (χ4v) is 4.04. The van der Waals surface area contributed by atoms with Crippen molar-refractivity contribution in [1.82, 2.24) is 4.98 Å². The summed E-state index contributed by atoms with van der Waals surface area (Å²) >= 11 is 0. The highest BCUT2D eigenvalue weighted by Crippen LogP contribution is 2.54. The van der Waals surface area contributed by atoms with Gasteiger partial charge in [-0.2, -0.15) is 0 Å². The van der Waals surface area contributed by atoms with E-state index in [1.807, 2.05) is 0 Å². The number of aliphatic hydroxyl groups is 1. The summed E-state index contributed by atoms with van der Waals surface area (Å²) in [5, 5.41) is 8.82. The van der Waals surface area contributed by atoms with Crippen LogP contribution in [0.4, 0.5) is 11.5 Å². The van der Waals surface area contributed by atoms with Crippen molar-refractivity contribution in [2.75, 3.05) is 35.1 Å². The van der Waals surface area contributed by atoms with Gasteiger partial charge in [-0.15, -0.1) is 0 Å². The van der Waals surface area contributed by atoms with Crippen LogP contribution in [0.3, 0.4) is 0 Å². The monoisotopic (exact) mass is 353 g/mol. The lowest BCUT2D eigenvalue weighted by Crippen LogP contribution is -2.35. The molecule has 1 aromatic rings. The van der Waals surface area contributed by atoms with Crippen molar-refractivity contribution in [2.45, 2.75) is 32.6 Å². The Morgan fingerprint density at radius 3 is 2.54 bits per heavy atom. The lowest BCUT2D eigenvalue weighted by atomic mass is 9.93. The maximum atomic E-state index is 11.9. The summed E-state index contributed by atoms with van der Waals surface area (Å²) in [6, 6.07) is 1.62. The van der Waals surface area contributed by atoms with Crippen LogP contribution in [0.25, 0.3) is 0 Å². The molecule has 0 unspecified atom stereocenters. The molecular formula is C16H23N3O4S. The average molecular weight is 353 g/mol. The van der Waals surface area contributed by atoms with Gasteiger partial charge in [-0.25, -0.2) is 13.4 Å². The average Bonchev–Trinajstić information content (AvgIpc) is 3.26. The topological polar surface area (TPSA) is 99.6 Å². The van der Waals surface area contributed by atoms with Gasteiger partial charge in [0.1, 0.15) is 5.82 Å². The molecule has 2 N–H and O–H groups in total. The van der Waals surface area contributed by atoms with Crippen LogP contribution in [-0.4, -0.2) is 49.7 Å². The number of hydrogen-bond acceptors (Lipinski definition) is 6. The molecule has 1 aliphatic heterocycles. The van der Waals surface area contributed by atoms with Crippen molar-refractivity contribution >= 4 is 27.3 Å². The number of nitrogens with one attached hydrogen (secondary N) is 1. The first-order valence-electron chi connectivity index (χ1n) is 8.21. The third-order valence-electron chi connectivity index (χ3n) is 5.00. The molecule has 2 heterocycles. The summed E-state index contributed by atoms with van der Waals surface area (Å²) in [5.41, 5.74) is 1.76. The highest BCUT2D eigenvalue weighted by molar-refractivity contribution is 7.92. The third-order valence-corrected chi connectivity index (χ3v) is 6.24. The van der Waals surface area contributed by atoms with Crippen molar-refractivity contribution in [3.63, 3.8) is 0 Å². The van der Waals surface area contributed by atoms with E-state index in [1.54, 1.807) is 6.07 Å². The Balaban J connectivity index is 1.85. The number of pyridine rings is 1. The van der Waals surface area contributed by atoms with Gasteiger partial charge in [0, 0.05) is 25.4 Å². The molecule has 0 aromatic carbocycles. The zero-order valence-corrected chi connectivity index (χ0v) is 14.6. The van der Waals surface area contributed by atoms with Crippen LogP contribution in [0, 0.1) is 5.41 Å². The van der Waals surface area contributed by atoms with Gasteiger partial charge in [0.25, 0.3) is 0 Å². The highest BCUT2D eigenvalue weighted by Gasteiger charge is 2.44. The zero-order valence-electron chi connectivity index (χ0n) is 13.8. The van der Waals surface area contributed by atoms with E-state index in [9.17, 15) is 13.2 Å². The van der Waals surface area contributed by atoms with Gasteiger partial charge in [0.15, 0.2) is 5.78 Å². The molecule has 2 aliphatic rings. The van der Waals surface area contributed by atoms with Crippen molar-refractivity contribution in [1.29, 1.82) is 0 Å². The molecule has 1 aromatic heterocycles. The van der Waals surface area contributed by atoms with Gasteiger partial charge in [0.05, 0.1) is 23.6 Å². The van der Waals surface area contributed by atoms with Gasteiger partial charge in [-0.05, 0) is 38.0 Å². The number of piperidine rings is 1. The second kappa shape index (κ2) is 6.33. The van der Waals surface area contributed by atoms with Crippen LogP contribution in [0.15, 0.2) is 12.3 Å². The maximum absolute atomic E-state index is 11.9. The van der Waals surface area contributed by atoms with Crippen LogP contribution in [-0.2, 0) is 10.0 Å². The molecule has 0 radical (unpaired) electrons. The fraction of sp³-hybridized carbons (Fsp3) is 0.625. The van der Waals surface area contributed by atoms with Crippen LogP contribution < -0.4 is 9.62 Å². The number of nitrogens with zero attached hydrogens (tertiary/aromatic N) is 2. The van der Waals surface area contributed by atoms with Crippen molar-refractivity contribution in [2.24, 2.45) is 5.41 Å². The zero-order chi connectivity index (χ0) is 17.4. The number of carbonyl (C=O) groups excluding carboxylic acids is 1. The lowest BCUT2D eigenvalue weighted by Gasteiger charge is -2.34. The molecule has 1 spiro atoms. The first-order chi connectivity index (χ1) is 11.3. The summed E-state index contributed by atoms with van der Waals surface area (Å²) < 4.78 is 26.0. The Kier molecular flexibility index (Phi) is 4.52. The Hall–Kier alpha value is -1.67. The fourth-order valence-electron chi connectivity index (χ4n) is 3.26. The van der Waals surface area contributed by atoms with E-state index in [1.165, 1.54) is 26.0 Å². The maximum Gasteiger partial charge on any atom is 0.236 e. The molecule has 3 rings (SSSR count). The Bertz CT molecular complexity index is 734. The summed E-state index contributed by atoms with van der Waals surface area (Å²) in [7, 11) is -3.64. The second-order valence-electron chi connectivity index (χ2n) is 6.77. The van der Waals surface area contributed by atoms with Crippen LogP contribution >= 0.6 is 0 Å². The molecule has 0 amide bonds. The Labute approximate surface area is 142 Å². The van der Waals surface area contributed by atoms with Crippen LogP contribution in [0.2, 0.25) is 0 Å². The highest BCUT2D eigenvalue weighted by atomic mass is 32.2. The van der Waals surface area contributed by atoms with Crippen molar-refractivity contribution in [3.05, 3.63) is 17.8 Å². The molecule has 7 nitrogen and oxygen atoms in total. The summed E-state index contributed by atoms with van der Waals surface area (Å²) in [4.78, 5) is 18.1. The Morgan fingerprint density at radius 2 is 2.00 bits per heavy atom. The van der Waals surface area contributed by atoms with E-state index in [0.717, 1.165) is 31.6 Å². The van der Waals surface area contributed by atoms with Crippen molar-refractivity contribution in [3.8, 4) is 0 Å². The van der Waals surface area contributed by atoms with Crippen molar-refractivity contribution < 1.29 is 18.3 Å². The summed E-state index contributed by atoms with van der Waals surface area (Å²) in [6.07, 6.45) is 6.23. The van der Waals surface area contributed by atoms with E-state index >= 15 is 0 Å². The minimum absolute atomic E-state index is 0.0889. The number of anilines is 2. The predicted molar refractivity (Wildman–Crippen MR) is 91.9 cm³/mol. The number of aromatic nitrogens is 1. The van der Waals surface area contributed by atoms with Gasteiger partial charge in [0.2, 0.25) is 10.0 Å². The normalized spacial score (nSPS) is 19.3. The van der Waals surface area contributed by atoms with Crippen LogP contribution in [0.1, 0.15) is 43.0 Å². The summed E-state index contributed by atoms with van der Waals surface area (Å²) in [5.74, 6) is -0.297. The third kappa shape index (κ3) is 3.70. The number of carbonyl (C=O) groups is 1. The second-order valence-corrected chi connectivity index (χ2v) is 8.62. The number of rotatable bonds is 6. The van der Waals surface area contributed by atoms with E-state index in [-0.39, 0.29) is 17.4 Å². The van der Waals surface area contributed by atoms with Gasteiger partial charge >= 0.3 is 0 Å². The summed E-state index contributed by atoms with van der Waals surface area (Å²) in [6.45, 7) is 2.77. The molecule has 0 atom stereocenters. The molecule has 2 fully saturated rings. The van der Waals surface area contributed by atoms with Gasteiger partial charge in [-0.1, -0.05) is 0 Å².